The number of aliphatic hydroxyl groups is 1. The molecule has 9 atom stereocenters. The maximum absolute atomic E-state index is 9.97. The monoisotopic (exact) mass is 406 g/mol. The topological polar surface area (TPSA) is 51.2 Å². The van der Waals surface area contributed by atoms with Crippen LogP contribution >= 0.6 is 0 Å². The Morgan fingerprint density at radius 1 is 1.31 bits per heavy atom. The molecule has 0 amide bonds. The first kappa shape index (κ1) is 23.0. The lowest BCUT2D eigenvalue weighted by atomic mass is 9.85. The molecule has 29 heavy (non-hydrogen) atoms. The minimum atomic E-state index is -0.485. The highest BCUT2D eigenvalue weighted by Gasteiger charge is 2.57. The van der Waals surface area contributed by atoms with Crippen molar-refractivity contribution >= 4 is 0 Å². The molecule has 1 aliphatic carbocycles. The van der Waals surface area contributed by atoms with Gasteiger partial charge in [0.15, 0.2) is 0 Å². The summed E-state index contributed by atoms with van der Waals surface area (Å²) >= 11 is 0. The molecule has 2 fully saturated rings. The number of ether oxygens (including phenoxy) is 3. The molecule has 1 N–H and O–H groups in total. The molecule has 0 bridgehead atoms. The first-order chi connectivity index (χ1) is 13.6. The third-order valence-corrected chi connectivity index (χ3v) is 7.39. The van der Waals surface area contributed by atoms with Gasteiger partial charge >= 0.3 is 0 Å². The average molecular weight is 407 g/mol. The molecule has 166 valence electrons. The standard InChI is InChI=1S/C25H42O4/c1-15-8-9-17(3)28-22(15)16(2)12-20-10-11-21(13-20)14-25(6)24(29-25)18(4)23(27-7)19(5)26/h12-13,15,17-19,21-24,26H,8-11,14H2,1-7H3/b16-12+. The summed E-state index contributed by atoms with van der Waals surface area (Å²) in [4.78, 5) is 0. The summed E-state index contributed by atoms with van der Waals surface area (Å²) < 4.78 is 17.9. The van der Waals surface area contributed by atoms with Crippen LogP contribution in [0, 0.1) is 17.8 Å². The maximum atomic E-state index is 9.97. The van der Waals surface area contributed by atoms with E-state index in [4.69, 9.17) is 14.2 Å². The predicted octanol–water partition coefficient (Wildman–Crippen LogP) is 5.05. The van der Waals surface area contributed by atoms with Crippen molar-refractivity contribution in [2.24, 2.45) is 17.8 Å². The highest BCUT2D eigenvalue weighted by atomic mass is 16.6. The smallest absolute Gasteiger partial charge is 0.0929 e. The molecule has 0 aromatic heterocycles. The number of aliphatic hydroxyl groups excluding tert-OH is 1. The van der Waals surface area contributed by atoms with Gasteiger partial charge in [0.1, 0.15) is 0 Å². The number of epoxide rings is 1. The summed E-state index contributed by atoms with van der Waals surface area (Å²) in [7, 11) is 1.67. The minimum Gasteiger partial charge on any atom is -0.391 e. The van der Waals surface area contributed by atoms with Crippen molar-refractivity contribution in [3.05, 3.63) is 23.3 Å². The van der Waals surface area contributed by atoms with Crippen LogP contribution in [0.5, 0.6) is 0 Å². The summed E-state index contributed by atoms with van der Waals surface area (Å²) in [5.41, 5.74) is 2.72. The highest BCUT2D eigenvalue weighted by Crippen LogP contribution is 2.49. The van der Waals surface area contributed by atoms with Crippen LogP contribution in [0.25, 0.3) is 0 Å². The summed E-state index contributed by atoms with van der Waals surface area (Å²) in [6.45, 7) is 12.9. The zero-order valence-corrected chi connectivity index (χ0v) is 19.5. The summed E-state index contributed by atoms with van der Waals surface area (Å²) in [6.07, 6.45) is 10.8. The van der Waals surface area contributed by atoms with E-state index in [0.29, 0.717) is 17.9 Å². The van der Waals surface area contributed by atoms with Crippen LogP contribution in [0.15, 0.2) is 23.3 Å². The molecule has 3 rings (SSSR count). The molecule has 0 radical (unpaired) electrons. The normalized spacial score (nSPS) is 41.0. The Bertz CT molecular complexity index is 624. The van der Waals surface area contributed by atoms with Crippen LogP contribution in [-0.2, 0) is 14.2 Å². The van der Waals surface area contributed by atoms with E-state index in [1.165, 1.54) is 30.4 Å². The van der Waals surface area contributed by atoms with Gasteiger partial charge in [0.25, 0.3) is 0 Å². The van der Waals surface area contributed by atoms with Gasteiger partial charge in [-0.2, -0.15) is 0 Å². The van der Waals surface area contributed by atoms with Crippen LogP contribution in [-0.4, -0.2) is 48.3 Å². The maximum Gasteiger partial charge on any atom is 0.0929 e. The summed E-state index contributed by atoms with van der Waals surface area (Å²) in [5.74, 6) is 1.35. The fourth-order valence-electron chi connectivity index (χ4n) is 5.76. The third kappa shape index (κ3) is 5.33. The van der Waals surface area contributed by atoms with Crippen molar-refractivity contribution in [2.75, 3.05) is 7.11 Å². The van der Waals surface area contributed by atoms with Crippen LogP contribution in [0.1, 0.15) is 73.6 Å². The van der Waals surface area contributed by atoms with Gasteiger partial charge in [0.2, 0.25) is 0 Å². The lowest BCUT2D eigenvalue weighted by Crippen LogP contribution is -2.36. The molecule has 4 heteroatoms. The van der Waals surface area contributed by atoms with Gasteiger partial charge in [0.05, 0.1) is 36.1 Å². The van der Waals surface area contributed by atoms with Crippen molar-refractivity contribution in [1.29, 1.82) is 0 Å². The Balaban J connectivity index is 1.57. The average Bonchev–Trinajstić information content (AvgIpc) is 3.12. The first-order valence-electron chi connectivity index (χ1n) is 11.6. The first-order valence-corrected chi connectivity index (χ1v) is 11.6. The van der Waals surface area contributed by atoms with Crippen molar-refractivity contribution in [2.45, 2.75) is 110 Å². The van der Waals surface area contributed by atoms with E-state index < -0.39 is 6.10 Å². The summed E-state index contributed by atoms with van der Waals surface area (Å²) in [6, 6.07) is 0. The molecule has 0 aromatic rings. The highest BCUT2D eigenvalue weighted by molar-refractivity contribution is 5.29. The Labute approximate surface area is 177 Å². The third-order valence-electron chi connectivity index (χ3n) is 7.39. The van der Waals surface area contributed by atoms with Crippen molar-refractivity contribution in [3.8, 4) is 0 Å². The largest absolute Gasteiger partial charge is 0.391 e. The van der Waals surface area contributed by atoms with E-state index in [2.05, 4.69) is 46.8 Å². The lowest BCUT2D eigenvalue weighted by molar-refractivity contribution is -0.0499. The van der Waals surface area contributed by atoms with Crippen LogP contribution < -0.4 is 0 Å². The number of hydrogen-bond donors (Lipinski definition) is 1. The SMILES string of the molecule is COC(C(C)O)C(C)C1OC1(C)CC1C=C(/C=C(\C)C2OC(C)CCC2C)CC1. The van der Waals surface area contributed by atoms with Gasteiger partial charge in [0, 0.05) is 13.0 Å². The van der Waals surface area contributed by atoms with E-state index >= 15 is 0 Å². The van der Waals surface area contributed by atoms with Crippen LogP contribution in [0.3, 0.4) is 0 Å². The number of allylic oxidation sites excluding steroid dienone is 3. The Kier molecular flexibility index (Phi) is 7.31. The fourth-order valence-corrected chi connectivity index (χ4v) is 5.76. The molecule has 0 spiro atoms. The minimum absolute atomic E-state index is 0.100. The molecule has 2 aliphatic heterocycles. The number of methoxy groups -OCH3 is 1. The van der Waals surface area contributed by atoms with Gasteiger partial charge in [-0.05, 0) is 77.2 Å². The van der Waals surface area contributed by atoms with Gasteiger partial charge in [-0.3, -0.25) is 0 Å². The second-order valence-electron chi connectivity index (χ2n) is 10.2. The van der Waals surface area contributed by atoms with Crippen LogP contribution in [0.4, 0.5) is 0 Å². The van der Waals surface area contributed by atoms with E-state index in [1.807, 2.05) is 0 Å². The zero-order valence-electron chi connectivity index (χ0n) is 19.5. The molecule has 3 aliphatic rings. The Morgan fingerprint density at radius 3 is 2.69 bits per heavy atom. The van der Waals surface area contributed by atoms with Gasteiger partial charge in [-0.15, -0.1) is 0 Å². The van der Waals surface area contributed by atoms with E-state index in [-0.39, 0.29) is 29.8 Å². The number of rotatable bonds is 8. The molecule has 2 saturated heterocycles. The second-order valence-corrected chi connectivity index (χ2v) is 10.2. The van der Waals surface area contributed by atoms with E-state index in [9.17, 15) is 5.11 Å². The second kappa shape index (κ2) is 9.21. The lowest BCUT2D eigenvalue weighted by Gasteiger charge is -2.34. The quantitative estimate of drug-likeness (QED) is 0.573. The van der Waals surface area contributed by atoms with Gasteiger partial charge in [-0.25, -0.2) is 0 Å². The molecule has 2 heterocycles. The molecular weight excluding hydrogens is 364 g/mol. The van der Waals surface area contributed by atoms with E-state index in [0.717, 1.165) is 12.8 Å². The molecule has 9 unspecified atom stereocenters. The number of hydrogen-bond acceptors (Lipinski definition) is 4. The fraction of sp³-hybridized carbons (Fsp3) is 0.840. The predicted molar refractivity (Wildman–Crippen MR) is 117 cm³/mol. The van der Waals surface area contributed by atoms with Gasteiger partial charge in [-0.1, -0.05) is 31.6 Å². The Morgan fingerprint density at radius 2 is 2.03 bits per heavy atom. The van der Waals surface area contributed by atoms with Crippen molar-refractivity contribution in [3.63, 3.8) is 0 Å². The molecule has 4 nitrogen and oxygen atoms in total. The molecule has 0 saturated carbocycles. The van der Waals surface area contributed by atoms with Crippen LogP contribution in [0.2, 0.25) is 0 Å². The van der Waals surface area contributed by atoms with Gasteiger partial charge < -0.3 is 19.3 Å². The zero-order chi connectivity index (χ0) is 21.3. The van der Waals surface area contributed by atoms with Crippen molar-refractivity contribution < 1.29 is 19.3 Å². The van der Waals surface area contributed by atoms with Crippen molar-refractivity contribution in [1.82, 2.24) is 0 Å². The molecule has 0 aromatic carbocycles. The molecular formula is C25H42O4. The summed E-state index contributed by atoms with van der Waals surface area (Å²) in [5, 5.41) is 9.97. The van der Waals surface area contributed by atoms with E-state index in [1.54, 1.807) is 14.0 Å². The Hall–Kier alpha value is -0.680.